The molecule has 0 bridgehead atoms. The first-order valence-electron chi connectivity index (χ1n) is 39.1. The Morgan fingerprint density at radius 1 is 0.168 bits per heavy atom. The van der Waals surface area contributed by atoms with Crippen LogP contribution in [-0.4, -0.2) is 15.8 Å². The zero-order valence-electron chi connectivity index (χ0n) is 61.9. The van der Waals surface area contributed by atoms with Gasteiger partial charge in [-0.15, -0.1) is 0 Å². The lowest BCUT2D eigenvalue weighted by Crippen LogP contribution is -2.61. The van der Waals surface area contributed by atoms with Crippen LogP contribution in [-0.2, 0) is 0 Å². The Hall–Kier alpha value is -14.8. The third kappa shape index (κ3) is 11.0. The van der Waals surface area contributed by atoms with Gasteiger partial charge < -0.3 is 18.9 Å². The molecule has 2 aliphatic rings. The van der Waals surface area contributed by atoms with E-state index in [0.717, 1.165) is 168 Å². The highest BCUT2D eigenvalue weighted by molar-refractivity contribution is 7.00. The van der Waals surface area contributed by atoms with Gasteiger partial charge >= 0.3 is 0 Å². The van der Waals surface area contributed by atoms with Gasteiger partial charge in [0.25, 0.3) is 6.71 Å². The second kappa shape index (κ2) is 27.1. The van der Waals surface area contributed by atoms with Gasteiger partial charge in [0.1, 0.15) is 0 Å². The summed E-state index contributed by atoms with van der Waals surface area (Å²) in [5.74, 6) is 0. The van der Waals surface area contributed by atoms with E-state index in [1.54, 1.807) is 0 Å². The van der Waals surface area contributed by atoms with Crippen LogP contribution in [0.15, 0.2) is 431 Å². The molecule has 4 nitrogen and oxygen atoms in total. The van der Waals surface area contributed by atoms with Crippen LogP contribution in [0.25, 0.3) is 155 Å². The van der Waals surface area contributed by atoms with Gasteiger partial charge in [-0.2, -0.15) is 0 Å². The third-order valence-corrected chi connectivity index (χ3v) is 23.4. The fourth-order valence-corrected chi connectivity index (χ4v) is 18.4. The third-order valence-electron chi connectivity index (χ3n) is 23.4. The number of nitrogens with zero attached hydrogens (tertiary/aromatic N) is 4. The normalized spacial score (nSPS) is 12.2. The number of anilines is 6. The van der Waals surface area contributed by atoms with E-state index < -0.39 is 0 Å². The van der Waals surface area contributed by atoms with E-state index in [2.05, 4.69) is 450 Å². The molecule has 20 aromatic rings. The molecule has 5 heteroatoms. The molecule has 4 heterocycles. The van der Waals surface area contributed by atoms with E-state index in [1.807, 2.05) is 0 Å². The van der Waals surface area contributed by atoms with Crippen molar-refractivity contribution >= 4 is 101 Å². The summed E-state index contributed by atoms with van der Waals surface area (Å²) in [6, 6.07) is 161. The monoisotopic (exact) mass is 1430 g/mol. The van der Waals surface area contributed by atoms with Gasteiger partial charge in [-0.25, -0.2) is 0 Å². The van der Waals surface area contributed by atoms with Gasteiger partial charge in [0.15, 0.2) is 0 Å². The van der Waals surface area contributed by atoms with E-state index in [4.69, 9.17) is 0 Å². The van der Waals surface area contributed by atoms with Crippen molar-refractivity contribution < 1.29 is 0 Å². The quantitative estimate of drug-likeness (QED) is 0.107. The summed E-state index contributed by atoms with van der Waals surface area (Å²) in [5.41, 5.74) is 37.1. The fourth-order valence-electron chi connectivity index (χ4n) is 18.4. The second-order valence-electron chi connectivity index (χ2n) is 29.8. The predicted molar refractivity (Wildman–Crippen MR) is 478 cm³/mol. The average Bonchev–Trinajstić information content (AvgIpc) is 1.67. The lowest BCUT2D eigenvalue weighted by Gasteiger charge is -2.46. The maximum Gasteiger partial charge on any atom is 0.252 e. The number of hydrogen-bond acceptors (Lipinski definition) is 2. The molecule has 0 unspecified atom stereocenters. The van der Waals surface area contributed by atoms with Crippen LogP contribution in [0.2, 0.25) is 0 Å². The van der Waals surface area contributed by atoms with Crippen molar-refractivity contribution in [1.82, 2.24) is 9.13 Å². The average molecular weight is 1440 g/mol. The molecule has 22 rings (SSSR count). The number of fused-ring (bicyclic) bond motifs is 10. The van der Waals surface area contributed by atoms with Crippen LogP contribution in [0.5, 0.6) is 0 Å². The summed E-state index contributed by atoms with van der Waals surface area (Å²) in [6.07, 6.45) is 0. The number of para-hydroxylation sites is 6. The molecule has 0 saturated carbocycles. The van der Waals surface area contributed by atoms with Crippen LogP contribution in [0.1, 0.15) is 0 Å². The van der Waals surface area contributed by atoms with Gasteiger partial charge in [0, 0.05) is 77.9 Å². The summed E-state index contributed by atoms with van der Waals surface area (Å²) >= 11 is 0. The second-order valence-corrected chi connectivity index (χ2v) is 29.8. The van der Waals surface area contributed by atoms with Crippen molar-refractivity contribution in [3.05, 3.63) is 431 Å². The number of benzene rings is 18. The van der Waals surface area contributed by atoms with E-state index in [1.165, 1.54) is 37.9 Å². The Morgan fingerprint density at radius 2 is 0.434 bits per heavy atom. The van der Waals surface area contributed by atoms with Crippen LogP contribution in [0.4, 0.5) is 34.1 Å². The maximum atomic E-state index is 2.72. The van der Waals surface area contributed by atoms with E-state index >= 15 is 0 Å². The van der Waals surface area contributed by atoms with Gasteiger partial charge in [-0.3, -0.25) is 0 Å². The maximum absolute atomic E-state index is 2.72. The fraction of sp³-hybridized carbons (Fsp3) is 0. The molecule has 18 aromatic carbocycles. The minimum Gasteiger partial charge on any atom is -0.310 e. The van der Waals surface area contributed by atoms with E-state index in [-0.39, 0.29) is 6.71 Å². The number of rotatable bonds is 13. The molecule has 0 fully saturated rings. The minimum absolute atomic E-state index is 0.342. The van der Waals surface area contributed by atoms with Crippen LogP contribution in [0, 0.1) is 0 Å². The van der Waals surface area contributed by atoms with Crippen LogP contribution in [0.3, 0.4) is 0 Å². The summed E-state index contributed by atoms with van der Waals surface area (Å²) < 4.78 is 5.00. The standard InChI is InChI=1S/C108H71BN4/c1-8-32-72(33-9-1)77-42-26-46-81(62-77)88-56-30-57-89(82-47-27-43-78(63-82)73-34-10-2-11-35-73)107(88)112-102-70-100-94(92-54-22-24-60-98(92)110(100)86-50-18-6-19-51-86)68-96(102)109-97-69-95-93-55-23-25-61-99(93)111(87-52-20-7-21-53-87)101(95)71-103(97)113(105-67-85(66-104(112)106(105)109)76-40-16-5-17-41-76)108-90(83-48-28-44-79(64-83)74-36-12-3-13-37-74)58-31-59-91(108)84-49-29-45-80(65-84)75-38-14-4-15-39-75/h1-71H. The number of aromatic nitrogens is 2. The molecule has 2 aromatic heterocycles. The van der Waals surface area contributed by atoms with Crippen molar-refractivity contribution in [2.45, 2.75) is 0 Å². The van der Waals surface area contributed by atoms with E-state index in [9.17, 15) is 0 Å². The van der Waals surface area contributed by atoms with Gasteiger partial charge in [-0.1, -0.05) is 346 Å². The highest BCUT2D eigenvalue weighted by atomic mass is 15.2. The molecule has 0 saturated heterocycles. The molecular weight excluding hydrogens is 1360 g/mol. The molecule has 0 N–H and O–H groups in total. The van der Waals surface area contributed by atoms with Gasteiger partial charge in [0.05, 0.1) is 33.4 Å². The van der Waals surface area contributed by atoms with Crippen molar-refractivity contribution in [1.29, 1.82) is 0 Å². The molecule has 0 aliphatic carbocycles. The Labute approximate surface area is 657 Å². The van der Waals surface area contributed by atoms with Crippen molar-refractivity contribution in [2.24, 2.45) is 0 Å². The SMILES string of the molecule is c1ccc(-c2cccc(-c3cccc(-c4cccc(-c5ccccc5)c4)c3N3c4cc5c(cc4B4c6cc7c8ccccc8n(-c8ccccc8)c7cc6N(c6c(-c7cccc(-c8ccccc8)c7)cccc6-c6cccc(-c7ccccc7)c6)c6cc(-c7ccccc7)cc3c64)c3ccccc3n5-c3ccccc3)c2)cc1. The minimum atomic E-state index is -0.342. The van der Waals surface area contributed by atoms with Gasteiger partial charge in [-0.05, 0) is 179 Å². The largest absolute Gasteiger partial charge is 0.310 e. The number of hydrogen-bond donors (Lipinski definition) is 0. The van der Waals surface area contributed by atoms with Crippen LogP contribution < -0.4 is 26.2 Å². The molecule has 0 spiro atoms. The van der Waals surface area contributed by atoms with Crippen molar-refractivity contribution in [3.8, 4) is 112 Å². The highest BCUT2D eigenvalue weighted by Gasteiger charge is 2.47. The predicted octanol–water partition coefficient (Wildman–Crippen LogP) is 27.0. The Bertz CT molecular complexity index is 6490. The molecule has 2 aliphatic heterocycles. The first-order chi connectivity index (χ1) is 56.1. The molecular formula is C108H71BN4. The summed E-state index contributed by atoms with van der Waals surface area (Å²) in [4.78, 5) is 5.45. The summed E-state index contributed by atoms with van der Waals surface area (Å²) in [5, 5.41) is 4.75. The lowest BCUT2D eigenvalue weighted by atomic mass is 9.33. The summed E-state index contributed by atoms with van der Waals surface area (Å²) in [7, 11) is 0. The molecule has 0 atom stereocenters. The first-order valence-corrected chi connectivity index (χ1v) is 39.1. The molecule has 526 valence electrons. The lowest BCUT2D eigenvalue weighted by molar-refractivity contribution is 1.17. The Kier molecular flexibility index (Phi) is 15.7. The Balaban J connectivity index is 0.936. The smallest absolute Gasteiger partial charge is 0.252 e. The van der Waals surface area contributed by atoms with E-state index in [0.29, 0.717) is 0 Å². The first kappa shape index (κ1) is 65.3. The zero-order chi connectivity index (χ0) is 74.5. The topological polar surface area (TPSA) is 16.3 Å². The van der Waals surface area contributed by atoms with Crippen molar-refractivity contribution in [3.63, 3.8) is 0 Å². The molecule has 0 amide bonds. The zero-order valence-corrected chi connectivity index (χ0v) is 61.9. The van der Waals surface area contributed by atoms with Crippen LogP contribution >= 0.6 is 0 Å². The van der Waals surface area contributed by atoms with Gasteiger partial charge in [0.2, 0.25) is 0 Å². The summed E-state index contributed by atoms with van der Waals surface area (Å²) in [6.45, 7) is -0.342. The highest BCUT2D eigenvalue weighted by Crippen LogP contribution is 2.56. The molecule has 113 heavy (non-hydrogen) atoms. The van der Waals surface area contributed by atoms with Crippen molar-refractivity contribution in [2.75, 3.05) is 9.80 Å². The molecule has 0 radical (unpaired) electrons. The Morgan fingerprint density at radius 3 is 0.761 bits per heavy atom.